The van der Waals surface area contributed by atoms with Crippen molar-refractivity contribution in [2.45, 2.75) is 84.8 Å². The van der Waals surface area contributed by atoms with E-state index >= 15 is 0 Å². The number of hydrogen-bond donors (Lipinski definition) is 0. The molecule has 2 aromatic carbocycles. The molecule has 0 unspecified atom stereocenters. The number of rotatable bonds is 4. The van der Waals surface area contributed by atoms with E-state index in [0.29, 0.717) is 23.5 Å². The van der Waals surface area contributed by atoms with Gasteiger partial charge in [0.1, 0.15) is 5.60 Å². The minimum absolute atomic E-state index is 0.00344. The molecule has 0 bridgehead atoms. The van der Waals surface area contributed by atoms with Gasteiger partial charge in [0.05, 0.1) is 34.8 Å². The number of anilines is 1. The third-order valence-electron chi connectivity index (χ3n) is 7.33. The Morgan fingerprint density at radius 3 is 2.46 bits per heavy atom. The van der Waals surface area contributed by atoms with Gasteiger partial charge in [0.15, 0.2) is 0 Å². The zero-order valence-corrected chi connectivity index (χ0v) is 24.5. The average molecular weight is 556 g/mol. The first-order valence-electron chi connectivity index (χ1n) is 14.1. The molecule has 1 saturated heterocycles. The quantitative estimate of drug-likeness (QED) is 0.341. The normalized spacial score (nSPS) is 21.7. The molecule has 0 radical (unpaired) electrons. The van der Waals surface area contributed by atoms with Crippen LogP contribution in [0.4, 0.5) is 10.5 Å². The van der Waals surface area contributed by atoms with E-state index in [1.54, 1.807) is 24.3 Å². The van der Waals surface area contributed by atoms with Crippen molar-refractivity contribution >= 4 is 40.4 Å². The largest absolute Gasteiger partial charge is 0.444 e. The third-order valence-corrected chi connectivity index (χ3v) is 7.33. The van der Waals surface area contributed by atoms with Crippen molar-refractivity contribution in [3.05, 3.63) is 77.1 Å². The molecule has 0 aliphatic carbocycles. The van der Waals surface area contributed by atoms with Crippen molar-refractivity contribution in [1.29, 1.82) is 0 Å². The Bertz CT molecular complexity index is 1530. The van der Waals surface area contributed by atoms with Crippen LogP contribution >= 0.6 is 0 Å². The summed E-state index contributed by atoms with van der Waals surface area (Å²) < 4.78 is 11.7. The maximum absolute atomic E-state index is 13.3. The molecule has 2 amide bonds. The number of ketones is 1. The van der Waals surface area contributed by atoms with E-state index in [4.69, 9.17) is 14.5 Å². The van der Waals surface area contributed by atoms with E-state index in [-0.39, 0.29) is 41.7 Å². The Kier molecular flexibility index (Phi) is 7.70. The van der Waals surface area contributed by atoms with Crippen LogP contribution in [0, 0.1) is 0 Å². The summed E-state index contributed by atoms with van der Waals surface area (Å²) in [4.78, 5) is 46.9. The number of nitrogens with zero attached hydrogens (tertiary/aromatic N) is 3. The number of carbonyl (C=O) groups excluding carboxylic acids is 3. The van der Waals surface area contributed by atoms with E-state index in [1.165, 1.54) is 11.8 Å². The van der Waals surface area contributed by atoms with Crippen LogP contribution in [-0.4, -0.2) is 51.5 Å². The van der Waals surface area contributed by atoms with Crippen LogP contribution in [-0.2, 0) is 20.8 Å². The Balaban J connectivity index is 1.42. The molecule has 41 heavy (non-hydrogen) atoms. The van der Waals surface area contributed by atoms with Gasteiger partial charge in [-0.1, -0.05) is 24.3 Å². The highest BCUT2D eigenvalue weighted by molar-refractivity contribution is 6.26. The highest BCUT2D eigenvalue weighted by atomic mass is 16.6. The number of para-hydroxylation sites is 1. The number of hydrogen-bond acceptors (Lipinski definition) is 6. The van der Waals surface area contributed by atoms with Crippen molar-refractivity contribution in [3.63, 3.8) is 0 Å². The van der Waals surface area contributed by atoms with Crippen LogP contribution < -0.4 is 4.90 Å². The van der Waals surface area contributed by atoms with Gasteiger partial charge < -0.3 is 14.4 Å². The Hall–Kier alpha value is -4.04. The van der Waals surface area contributed by atoms with Gasteiger partial charge >= 0.3 is 6.09 Å². The maximum Gasteiger partial charge on any atom is 0.410 e. The summed E-state index contributed by atoms with van der Waals surface area (Å²) in [5.74, 6) is -0.435. The lowest BCUT2D eigenvalue weighted by atomic mass is 9.97. The molecule has 214 valence electrons. The van der Waals surface area contributed by atoms with Crippen LogP contribution in [0.5, 0.6) is 0 Å². The first-order valence-corrected chi connectivity index (χ1v) is 14.1. The highest BCUT2D eigenvalue weighted by Crippen LogP contribution is 2.35. The third kappa shape index (κ3) is 6.17. The number of Topliss-reactive ketones (excluding diaryl/α,β-unsaturated/α-hetero) is 1. The molecule has 8 nitrogen and oxygen atoms in total. The van der Waals surface area contributed by atoms with Crippen molar-refractivity contribution in [2.24, 2.45) is 0 Å². The summed E-state index contributed by atoms with van der Waals surface area (Å²) in [5.41, 5.74) is 3.07. The van der Waals surface area contributed by atoms with Crippen molar-refractivity contribution < 1.29 is 23.9 Å². The Morgan fingerprint density at radius 2 is 1.78 bits per heavy atom. The Labute approximate surface area is 240 Å². The SMILES string of the molecule is CC(=O)N1/C(=C\c2ccc3cc(CN(C(=O)OC(C)(C)C)C4C[C@H](C)O[C@@H](C)C4)ccc3n2)C(=O)c2ccccc21. The second-order valence-corrected chi connectivity index (χ2v) is 12.0. The molecule has 2 atom stereocenters. The van der Waals surface area contributed by atoms with Gasteiger partial charge in [-0.05, 0) is 89.4 Å². The van der Waals surface area contributed by atoms with Crippen LogP contribution in [0.15, 0.2) is 60.3 Å². The number of pyridine rings is 1. The molecule has 1 fully saturated rings. The maximum atomic E-state index is 13.3. The predicted molar refractivity (Wildman–Crippen MR) is 158 cm³/mol. The first-order chi connectivity index (χ1) is 19.4. The standard InChI is InChI=1S/C33H37N3O5/c1-20-15-26(16-21(2)40-20)35(32(39)41-33(4,5)6)19-23-11-14-28-24(17-23)12-13-25(34-28)18-30-31(38)27-9-7-8-10-29(27)36(30)22(3)37/h7-14,17-18,20-21,26H,15-16,19H2,1-6H3/b30-18-/t20-,21-/m0/s1. The molecular formula is C33H37N3O5. The summed E-state index contributed by atoms with van der Waals surface area (Å²) in [7, 11) is 0. The molecule has 5 rings (SSSR count). The van der Waals surface area contributed by atoms with Crippen molar-refractivity contribution in [2.75, 3.05) is 4.90 Å². The first kappa shape index (κ1) is 28.5. The van der Waals surface area contributed by atoms with E-state index in [2.05, 4.69) is 0 Å². The lowest BCUT2D eigenvalue weighted by Gasteiger charge is -2.39. The summed E-state index contributed by atoms with van der Waals surface area (Å²) in [6.07, 6.45) is 2.93. The van der Waals surface area contributed by atoms with E-state index in [0.717, 1.165) is 29.3 Å². The number of carbonyl (C=O) groups is 3. The number of allylic oxidation sites excluding steroid dienone is 1. The molecule has 0 spiro atoms. The van der Waals surface area contributed by atoms with Gasteiger partial charge in [-0.25, -0.2) is 9.78 Å². The second-order valence-electron chi connectivity index (χ2n) is 12.0. The number of aromatic nitrogens is 1. The van der Waals surface area contributed by atoms with E-state index in [9.17, 15) is 14.4 Å². The fraction of sp³-hybridized carbons (Fsp3) is 0.394. The molecular weight excluding hydrogens is 518 g/mol. The van der Waals surface area contributed by atoms with Gasteiger partial charge in [0.2, 0.25) is 11.7 Å². The van der Waals surface area contributed by atoms with Gasteiger partial charge in [0, 0.05) is 30.5 Å². The number of ether oxygens (including phenoxy) is 2. The Morgan fingerprint density at radius 1 is 1.07 bits per heavy atom. The molecule has 2 aliphatic heterocycles. The summed E-state index contributed by atoms with van der Waals surface area (Å²) in [6, 6.07) is 16.8. The lowest BCUT2D eigenvalue weighted by molar-refractivity contribution is -0.116. The zero-order valence-electron chi connectivity index (χ0n) is 24.5. The van der Waals surface area contributed by atoms with E-state index < -0.39 is 5.60 Å². The topological polar surface area (TPSA) is 89.0 Å². The molecule has 1 aromatic heterocycles. The minimum atomic E-state index is -0.601. The molecule has 8 heteroatoms. The highest BCUT2D eigenvalue weighted by Gasteiger charge is 2.35. The zero-order chi connectivity index (χ0) is 29.5. The van der Waals surface area contributed by atoms with Crippen molar-refractivity contribution in [3.8, 4) is 0 Å². The molecule has 3 aromatic rings. The van der Waals surface area contributed by atoms with Crippen LogP contribution in [0.2, 0.25) is 0 Å². The second kappa shape index (κ2) is 11.1. The monoisotopic (exact) mass is 555 g/mol. The summed E-state index contributed by atoms with van der Waals surface area (Å²) >= 11 is 0. The van der Waals surface area contributed by atoms with Gasteiger partial charge in [-0.2, -0.15) is 0 Å². The molecule has 3 heterocycles. The number of fused-ring (bicyclic) bond motifs is 2. The molecule has 0 saturated carbocycles. The lowest BCUT2D eigenvalue weighted by Crippen LogP contribution is -2.48. The fourth-order valence-electron chi connectivity index (χ4n) is 5.69. The summed E-state index contributed by atoms with van der Waals surface area (Å²) in [5, 5.41) is 0.909. The van der Waals surface area contributed by atoms with Gasteiger partial charge in [-0.3, -0.25) is 14.5 Å². The van der Waals surface area contributed by atoms with Crippen LogP contribution in [0.3, 0.4) is 0 Å². The van der Waals surface area contributed by atoms with Crippen LogP contribution in [0.25, 0.3) is 17.0 Å². The average Bonchev–Trinajstić information content (AvgIpc) is 3.17. The number of benzene rings is 2. The summed E-state index contributed by atoms with van der Waals surface area (Å²) in [6.45, 7) is 11.6. The fourth-order valence-corrected chi connectivity index (χ4v) is 5.69. The number of amides is 2. The molecule has 0 N–H and O–H groups in total. The minimum Gasteiger partial charge on any atom is -0.444 e. The van der Waals surface area contributed by atoms with Gasteiger partial charge in [-0.15, -0.1) is 0 Å². The van der Waals surface area contributed by atoms with Gasteiger partial charge in [0.25, 0.3) is 0 Å². The van der Waals surface area contributed by atoms with Crippen LogP contribution in [0.1, 0.15) is 76.0 Å². The predicted octanol–water partition coefficient (Wildman–Crippen LogP) is 6.52. The smallest absolute Gasteiger partial charge is 0.410 e. The van der Waals surface area contributed by atoms with Crippen molar-refractivity contribution in [1.82, 2.24) is 9.88 Å². The molecule has 2 aliphatic rings. The van der Waals surface area contributed by atoms with E-state index in [1.807, 2.05) is 75.9 Å².